The third-order valence-corrected chi connectivity index (χ3v) is 3.49. The molecule has 1 fully saturated rings. The molecule has 114 valence electrons. The summed E-state index contributed by atoms with van der Waals surface area (Å²) in [5, 5.41) is 11.9. The van der Waals surface area contributed by atoms with Gasteiger partial charge in [-0.3, -0.25) is 4.79 Å². The van der Waals surface area contributed by atoms with Crippen LogP contribution in [0.4, 0.5) is 10.5 Å². The smallest absolute Gasteiger partial charge is 0.321 e. The number of piperidine rings is 1. The molecule has 2 rings (SSSR count). The number of rotatable bonds is 4. The van der Waals surface area contributed by atoms with Crippen LogP contribution in [0.2, 0.25) is 0 Å². The zero-order chi connectivity index (χ0) is 15.2. The first kappa shape index (κ1) is 15.2. The van der Waals surface area contributed by atoms with Gasteiger partial charge in [-0.2, -0.15) is 0 Å². The Labute approximate surface area is 123 Å². The summed E-state index contributed by atoms with van der Waals surface area (Å²) in [6.07, 6.45) is 1.33. The van der Waals surface area contributed by atoms with Gasteiger partial charge in [-0.05, 0) is 31.9 Å². The number of nitrogens with one attached hydrogen (secondary N) is 1. The normalized spacial score (nSPS) is 18.1. The fraction of sp³-hybridized carbons (Fsp3) is 0.467. The van der Waals surface area contributed by atoms with E-state index in [-0.39, 0.29) is 12.6 Å². The van der Waals surface area contributed by atoms with Crippen LogP contribution in [-0.2, 0) is 4.79 Å². The summed E-state index contributed by atoms with van der Waals surface area (Å²) >= 11 is 0. The van der Waals surface area contributed by atoms with Gasteiger partial charge in [-0.1, -0.05) is 12.1 Å². The van der Waals surface area contributed by atoms with Crippen molar-refractivity contribution in [1.29, 1.82) is 0 Å². The van der Waals surface area contributed by atoms with Gasteiger partial charge in [0.05, 0.1) is 18.2 Å². The number of ether oxygens (including phenoxy) is 1. The molecule has 1 atom stereocenters. The second-order valence-electron chi connectivity index (χ2n) is 4.98. The number of hydrogen-bond donors (Lipinski definition) is 2. The molecule has 0 radical (unpaired) electrons. The monoisotopic (exact) mass is 292 g/mol. The van der Waals surface area contributed by atoms with E-state index in [2.05, 4.69) is 5.32 Å². The van der Waals surface area contributed by atoms with E-state index in [1.807, 2.05) is 19.1 Å². The lowest BCUT2D eigenvalue weighted by molar-refractivity contribution is -0.143. The first-order valence-corrected chi connectivity index (χ1v) is 7.12. The molecule has 2 amide bonds. The van der Waals surface area contributed by atoms with Crippen molar-refractivity contribution >= 4 is 17.7 Å². The Morgan fingerprint density at radius 3 is 2.90 bits per heavy atom. The number of carboxylic acids is 1. The van der Waals surface area contributed by atoms with Crippen molar-refractivity contribution in [1.82, 2.24) is 4.90 Å². The van der Waals surface area contributed by atoms with Crippen LogP contribution in [0.25, 0.3) is 0 Å². The van der Waals surface area contributed by atoms with Crippen LogP contribution in [0.5, 0.6) is 5.75 Å². The van der Waals surface area contributed by atoms with Gasteiger partial charge in [0, 0.05) is 13.1 Å². The Morgan fingerprint density at radius 2 is 2.19 bits per heavy atom. The number of carbonyl (C=O) groups excluding carboxylic acids is 1. The lowest BCUT2D eigenvalue weighted by Crippen LogP contribution is -2.44. The molecular weight excluding hydrogens is 272 g/mol. The Kier molecular flexibility index (Phi) is 5.03. The maximum absolute atomic E-state index is 12.3. The van der Waals surface area contributed by atoms with Gasteiger partial charge >= 0.3 is 12.0 Å². The summed E-state index contributed by atoms with van der Waals surface area (Å²) < 4.78 is 5.46. The summed E-state index contributed by atoms with van der Waals surface area (Å²) in [5.74, 6) is -0.714. The van der Waals surface area contributed by atoms with Gasteiger partial charge in [0.2, 0.25) is 0 Å². The van der Waals surface area contributed by atoms with Crippen LogP contribution in [0.15, 0.2) is 24.3 Å². The van der Waals surface area contributed by atoms with E-state index in [0.717, 1.165) is 0 Å². The maximum Gasteiger partial charge on any atom is 0.321 e. The molecule has 1 saturated heterocycles. The number of hydrogen-bond acceptors (Lipinski definition) is 3. The molecule has 0 aliphatic carbocycles. The zero-order valence-corrected chi connectivity index (χ0v) is 12.0. The number of aliphatic carboxylic acids is 1. The van der Waals surface area contributed by atoms with Gasteiger partial charge in [0.15, 0.2) is 0 Å². The van der Waals surface area contributed by atoms with Crippen LogP contribution < -0.4 is 10.1 Å². The molecule has 0 spiro atoms. The van der Waals surface area contributed by atoms with Gasteiger partial charge in [0.1, 0.15) is 5.75 Å². The summed E-state index contributed by atoms with van der Waals surface area (Å²) in [6, 6.07) is 6.92. The number of benzene rings is 1. The molecule has 6 nitrogen and oxygen atoms in total. The number of carboxylic acid groups (broad SMARTS) is 1. The lowest BCUT2D eigenvalue weighted by atomic mass is 9.99. The standard InChI is InChI=1S/C15H20N2O4/c1-2-21-13-8-4-3-7-12(13)16-15(20)17-9-5-6-11(10-17)14(18)19/h3-4,7-8,11H,2,5-6,9-10H2,1H3,(H,16,20)(H,18,19). The van der Waals surface area contributed by atoms with E-state index < -0.39 is 11.9 Å². The minimum Gasteiger partial charge on any atom is -0.492 e. The second-order valence-corrected chi connectivity index (χ2v) is 4.98. The average molecular weight is 292 g/mol. The molecule has 1 aromatic rings. The Morgan fingerprint density at radius 1 is 1.43 bits per heavy atom. The lowest BCUT2D eigenvalue weighted by Gasteiger charge is -2.30. The molecule has 2 N–H and O–H groups in total. The fourth-order valence-electron chi connectivity index (χ4n) is 2.41. The fourth-order valence-corrected chi connectivity index (χ4v) is 2.41. The zero-order valence-electron chi connectivity index (χ0n) is 12.0. The number of urea groups is 1. The molecule has 1 heterocycles. The highest BCUT2D eigenvalue weighted by Crippen LogP contribution is 2.25. The molecule has 1 aromatic carbocycles. The first-order chi connectivity index (χ1) is 10.1. The number of para-hydroxylation sites is 2. The van der Waals surface area contributed by atoms with Gasteiger partial charge in [-0.15, -0.1) is 0 Å². The van der Waals surface area contributed by atoms with Gasteiger partial charge in [0.25, 0.3) is 0 Å². The molecule has 0 aromatic heterocycles. The topological polar surface area (TPSA) is 78.9 Å². The summed E-state index contributed by atoms with van der Waals surface area (Å²) in [5.41, 5.74) is 0.599. The van der Waals surface area contributed by atoms with Crippen molar-refractivity contribution in [3.8, 4) is 5.75 Å². The van der Waals surface area contributed by atoms with Gasteiger partial charge in [-0.25, -0.2) is 4.79 Å². The third-order valence-electron chi connectivity index (χ3n) is 3.49. The minimum atomic E-state index is -0.845. The van der Waals surface area contributed by atoms with E-state index >= 15 is 0 Å². The maximum atomic E-state index is 12.3. The molecule has 6 heteroatoms. The van der Waals surface area contributed by atoms with Crippen molar-refractivity contribution in [3.63, 3.8) is 0 Å². The molecule has 1 aliphatic rings. The van der Waals surface area contributed by atoms with Gasteiger partial charge < -0.3 is 20.1 Å². The van der Waals surface area contributed by atoms with E-state index in [4.69, 9.17) is 9.84 Å². The molecule has 21 heavy (non-hydrogen) atoms. The highest BCUT2D eigenvalue weighted by molar-refractivity contribution is 5.91. The summed E-state index contributed by atoms with van der Waals surface area (Å²) in [6.45, 7) is 3.21. The Balaban J connectivity index is 2.02. The Bertz CT molecular complexity index is 518. The van der Waals surface area contributed by atoms with Crippen LogP contribution in [0.1, 0.15) is 19.8 Å². The first-order valence-electron chi connectivity index (χ1n) is 7.12. The predicted molar refractivity (Wildman–Crippen MR) is 78.6 cm³/mol. The van der Waals surface area contributed by atoms with E-state index in [1.165, 1.54) is 0 Å². The van der Waals surface area contributed by atoms with Crippen molar-refractivity contribution in [2.45, 2.75) is 19.8 Å². The minimum absolute atomic E-state index is 0.248. The number of likely N-dealkylation sites (tertiary alicyclic amines) is 1. The molecule has 1 unspecified atom stereocenters. The summed E-state index contributed by atoms with van der Waals surface area (Å²) in [4.78, 5) is 24.8. The largest absolute Gasteiger partial charge is 0.492 e. The number of nitrogens with zero attached hydrogens (tertiary/aromatic N) is 1. The molecule has 1 aliphatic heterocycles. The van der Waals surface area contributed by atoms with Crippen LogP contribution >= 0.6 is 0 Å². The van der Waals surface area contributed by atoms with Crippen molar-refractivity contribution in [3.05, 3.63) is 24.3 Å². The predicted octanol–water partition coefficient (Wildman–Crippen LogP) is 2.41. The van der Waals surface area contributed by atoms with Crippen LogP contribution in [0.3, 0.4) is 0 Å². The van der Waals surface area contributed by atoms with E-state index in [9.17, 15) is 9.59 Å². The van der Waals surface area contributed by atoms with E-state index in [1.54, 1.807) is 17.0 Å². The number of carbonyl (C=O) groups is 2. The highest BCUT2D eigenvalue weighted by Gasteiger charge is 2.28. The van der Waals surface area contributed by atoms with Crippen LogP contribution in [0, 0.1) is 5.92 Å². The summed E-state index contributed by atoms with van der Waals surface area (Å²) in [7, 11) is 0. The molecular formula is C15H20N2O4. The third kappa shape index (κ3) is 3.87. The SMILES string of the molecule is CCOc1ccccc1NC(=O)N1CCCC(C(=O)O)C1. The van der Waals surface area contributed by atoms with E-state index in [0.29, 0.717) is 37.4 Å². The van der Waals surface area contributed by atoms with Crippen molar-refractivity contribution in [2.24, 2.45) is 5.92 Å². The van der Waals surface area contributed by atoms with Crippen molar-refractivity contribution < 1.29 is 19.4 Å². The Hall–Kier alpha value is -2.24. The number of amides is 2. The molecule has 0 bridgehead atoms. The van der Waals surface area contributed by atoms with Crippen molar-refractivity contribution in [2.75, 3.05) is 25.0 Å². The molecule has 0 saturated carbocycles. The van der Waals surface area contributed by atoms with Crippen LogP contribution in [-0.4, -0.2) is 41.7 Å². The number of anilines is 1. The average Bonchev–Trinajstić information content (AvgIpc) is 2.49. The second kappa shape index (κ2) is 6.97. The highest BCUT2D eigenvalue weighted by atomic mass is 16.5. The quantitative estimate of drug-likeness (QED) is 0.893.